The van der Waals surface area contributed by atoms with Crippen molar-refractivity contribution in [2.75, 3.05) is 6.54 Å². The second-order valence-electron chi connectivity index (χ2n) is 10.1. The minimum absolute atomic E-state index is 0.0353. The molecule has 1 aliphatic carbocycles. The van der Waals surface area contributed by atoms with Crippen LogP contribution in [0.3, 0.4) is 0 Å². The van der Waals surface area contributed by atoms with Crippen molar-refractivity contribution >= 4 is 12.1 Å². The normalized spacial score (nSPS) is 24.1. The van der Waals surface area contributed by atoms with Gasteiger partial charge in [-0.3, -0.25) is 0 Å². The van der Waals surface area contributed by atoms with Crippen LogP contribution in [0.4, 0.5) is 4.79 Å². The number of aromatic nitrogens is 2. The average Bonchev–Trinajstić information content (AvgIpc) is 2.56. The molecular formula is C21H33N5O2. The second kappa shape index (κ2) is 8.39. The third kappa shape index (κ3) is 6.13. The summed E-state index contributed by atoms with van der Waals surface area (Å²) in [7, 11) is 0. The molecule has 0 aromatic carbocycles. The molecule has 28 heavy (non-hydrogen) atoms. The molecule has 7 heteroatoms. The van der Waals surface area contributed by atoms with E-state index in [0.717, 1.165) is 30.5 Å². The van der Waals surface area contributed by atoms with Crippen LogP contribution >= 0.6 is 0 Å². The highest BCUT2D eigenvalue weighted by Gasteiger charge is 2.41. The number of amides is 2. The summed E-state index contributed by atoms with van der Waals surface area (Å²) in [6.07, 6.45) is 7.59. The van der Waals surface area contributed by atoms with E-state index in [1.54, 1.807) is 12.3 Å². The minimum atomic E-state index is -0.219. The van der Waals surface area contributed by atoms with Gasteiger partial charge in [0.25, 0.3) is 0 Å². The molecule has 0 spiro atoms. The molecule has 2 rings (SSSR count). The molecule has 0 radical (unpaired) electrons. The maximum atomic E-state index is 12.4. The molecule has 154 valence electrons. The predicted molar refractivity (Wildman–Crippen MR) is 109 cm³/mol. The van der Waals surface area contributed by atoms with Gasteiger partial charge in [-0.25, -0.2) is 24.5 Å². The largest absolute Gasteiger partial charge is 0.338 e. The Hall–Kier alpha value is -2.27. The van der Waals surface area contributed by atoms with Gasteiger partial charge in [0, 0.05) is 30.3 Å². The third-order valence-corrected chi connectivity index (χ3v) is 5.27. The second-order valence-corrected chi connectivity index (χ2v) is 10.1. The molecule has 1 aromatic rings. The number of nitrogens with zero attached hydrogens (tertiary/aromatic N) is 3. The quantitative estimate of drug-likeness (QED) is 0.597. The van der Waals surface area contributed by atoms with E-state index >= 15 is 0 Å². The number of hydrogen-bond donors (Lipinski definition) is 2. The van der Waals surface area contributed by atoms with Crippen LogP contribution in [0.15, 0.2) is 17.5 Å². The summed E-state index contributed by atoms with van der Waals surface area (Å²) in [5.74, 6) is 0. The molecular weight excluding hydrogens is 354 g/mol. The highest BCUT2D eigenvalue weighted by Crippen LogP contribution is 2.46. The van der Waals surface area contributed by atoms with Gasteiger partial charge in [-0.15, -0.1) is 0 Å². The van der Waals surface area contributed by atoms with E-state index < -0.39 is 0 Å². The van der Waals surface area contributed by atoms with Crippen molar-refractivity contribution in [2.45, 2.75) is 78.8 Å². The van der Waals surface area contributed by atoms with Crippen LogP contribution in [0.5, 0.6) is 0 Å². The lowest BCUT2D eigenvalue weighted by Crippen LogP contribution is -2.47. The summed E-state index contributed by atoms with van der Waals surface area (Å²) in [5.41, 5.74) is 1.68. The molecule has 2 atom stereocenters. The highest BCUT2D eigenvalue weighted by atomic mass is 16.2. The van der Waals surface area contributed by atoms with E-state index in [1.807, 2.05) is 0 Å². The SMILES string of the molecule is CC1(C)CC(N=C=O)CC(C)(CNC(=O)NCc2cncnc2C(C)(C)C)C1. The first-order valence-electron chi connectivity index (χ1n) is 9.82. The van der Waals surface area contributed by atoms with Crippen molar-refractivity contribution in [2.24, 2.45) is 15.8 Å². The van der Waals surface area contributed by atoms with Crippen LogP contribution in [-0.2, 0) is 16.8 Å². The molecule has 7 nitrogen and oxygen atoms in total. The number of isocyanates is 1. The zero-order valence-electron chi connectivity index (χ0n) is 17.9. The Morgan fingerprint density at radius 1 is 1.29 bits per heavy atom. The molecule has 0 bridgehead atoms. The number of carbonyl (C=O) groups is 1. The third-order valence-electron chi connectivity index (χ3n) is 5.27. The topological polar surface area (TPSA) is 96.3 Å². The summed E-state index contributed by atoms with van der Waals surface area (Å²) in [6, 6.07) is -0.254. The minimum Gasteiger partial charge on any atom is -0.338 e. The Balaban J connectivity index is 1.95. The van der Waals surface area contributed by atoms with Crippen molar-refractivity contribution in [1.82, 2.24) is 20.6 Å². The van der Waals surface area contributed by atoms with Gasteiger partial charge in [0.2, 0.25) is 6.08 Å². The summed E-state index contributed by atoms with van der Waals surface area (Å²) >= 11 is 0. The van der Waals surface area contributed by atoms with Crippen LogP contribution in [0.1, 0.15) is 72.1 Å². The van der Waals surface area contributed by atoms with Crippen LogP contribution in [0.2, 0.25) is 0 Å². The van der Waals surface area contributed by atoms with Crippen molar-refractivity contribution in [3.63, 3.8) is 0 Å². The van der Waals surface area contributed by atoms with Gasteiger partial charge in [0.1, 0.15) is 6.33 Å². The van der Waals surface area contributed by atoms with Gasteiger partial charge in [-0.1, -0.05) is 41.5 Å². The van der Waals surface area contributed by atoms with Crippen LogP contribution in [0, 0.1) is 10.8 Å². The molecule has 2 amide bonds. The molecule has 0 aliphatic heterocycles. The standard InChI is InChI=1S/C21H33N5O2/c1-19(2,3)17-15(9-22-13-25-17)10-23-18(28)24-12-21(6)8-16(26-14-27)7-20(4,5)11-21/h9,13,16H,7-8,10-12H2,1-6H3,(H2,23,24,28). The first kappa shape index (κ1) is 22.0. The molecule has 1 fully saturated rings. The Bertz CT molecular complexity index is 749. The van der Waals surface area contributed by atoms with E-state index in [-0.39, 0.29) is 28.3 Å². The Morgan fingerprint density at radius 2 is 2.00 bits per heavy atom. The van der Waals surface area contributed by atoms with Gasteiger partial charge >= 0.3 is 6.03 Å². The number of nitrogens with one attached hydrogen (secondary N) is 2. The number of urea groups is 1. The molecule has 1 heterocycles. The van der Waals surface area contributed by atoms with Crippen LogP contribution in [-0.4, -0.2) is 34.7 Å². The van der Waals surface area contributed by atoms with Gasteiger partial charge in [-0.2, -0.15) is 0 Å². The first-order chi connectivity index (χ1) is 12.9. The molecule has 1 aliphatic rings. The summed E-state index contributed by atoms with van der Waals surface area (Å²) in [4.78, 5) is 35.5. The molecule has 2 N–H and O–H groups in total. The number of hydrogen-bond acceptors (Lipinski definition) is 5. The lowest BCUT2D eigenvalue weighted by Gasteiger charge is -2.45. The van der Waals surface area contributed by atoms with Crippen molar-refractivity contribution in [1.29, 1.82) is 0 Å². The average molecular weight is 388 g/mol. The van der Waals surface area contributed by atoms with E-state index in [4.69, 9.17) is 0 Å². The predicted octanol–water partition coefficient (Wildman–Crippen LogP) is 3.49. The fraction of sp³-hybridized carbons (Fsp3) is 0.714. The molecule has 0 saturated heterocycles. The molecule has 1 aromatic heterocycles. The smallest absolute Gasteiger partial charge is 0.315 e. The van der Waals surface area contributed by atoms with Crippen LogP contribution in [0.25, 0.3) is 0 Å². The maximum Gasteiger partial charge on any atom is 0.315 e. The number of carbonyl (C=O) groups excluding carboxylic acids is 2. The summed E-state index contributed by atoms with van der Waals surface area (Å²) in [6.45, 7) is 13.7. The molecule has 2 unspecified atom stereocenters. The monoisotopic (exact) mass is 387 g/mol. The fourth-order valence-corrected chi connectivity index (χ4v) is 4.57. The number of aliphatic imine (C=N–C) groups is 1. The van der Waals surface area contributed by atoms with E-state index in [1.165, 1.54) is 6.33 Å². The van der Waals surface area contributed by atoms with Gasteiger partial charge < -0.3 is 10.6 Å². The van der Waals surface area contributed by atoms with Crippen LogP contribution < -0.4 is 10.6 Å². The highest BCUT2D eigenvalue weighted by molar-refractivity contribution is 5.73. The van der Waals surface area contributed by atoms with E-state index in [2.05, 4.69) is 67.1 Å². The van der Waals surface area contributed by atoms with E-state index in [0.29, 0.717) is 13.1 Å². The van der Waals surface area contributed by atoms with E-state index in [9.17, 15) is 9.59 Å². The lowest BCUT2D eigenvalue weighted by atomic mass is 9.63. The Labute approximate surface area is 167 Å². The Kier molecular flexibility index (Phi) is 6.60. The summed E-state index contributed by atoms with van der Waals surface area (Å²) < 4.78 is 0. The van der Waals surface area contributed by atoms with Gasteiger partial charge in [-0.05, 0) is 30.1 Å². The van der Waals surface area contributed by atoms with Crippen molar-refractivity contribution in [3.05, 3.63) is 23.8 Å². The first-order valence-corrected chi connectivity index (χ1v) is 9.82. The lowest BCUT2D eigenvalue weighted by molar-refractivity contribution is 0.0850. The van der Waals surface area contributed by atoms with Gasteiger partial charge in [0.15, 0.2) is 0 Å². The zero-order valence-corrected chi connectivity index (χ0v) is 17.9. The Morgan fingerprint density at radius 3 is 2.64 bits per heavy atom. The van der Waals surface area contributed by atoms with Crippen molar-refractivity contribution in [3.8, 4) is 0 Å². The number of rotatable bonds is 5. The fourth-order valence-electron chi connectivity index (χ4n) is 4.57. The van der Waals surface area contributed by atoms with Gasteiger partial charge in [0.05, 0.1) is 11.7 Å². The van der Waals surface area contributed by atoms with Crippen molar-refractivity contribution < 1.29 is 9.59 Å². The summed E-state index contributed by atoms with van der Waals surface area (Å²) in [5, 5.41) is 5.90. The zero-order chi connectivity index (χ0) is 21.0. The maximum absolute atomic E-state index is 12.4. The molecule has 1 saturated carbocycles.